The molecule has 0 aliphatic carbocycles. The lowest BCUT2D eigenvalue weighted by atomic mass is 10.2. The molecule has 1 heterocycles. The average Bonchev–Trinajstić information content (AvgIpc) is 2.37. The predicted molar refractivity (Wildman–Crippen MR) is 55.5 cm³/mol. The van der Waals surface area contributed by atoms with Crippen LogP contribution >= 0.6 is 0 Å². The van der Waals surface area contributed by atoms with Crippen LogP contribution in [-0.2, 0) is 0 Å². The Labute approximate surface area is 76.9 Å². The van der Waals surface area contributed by atoms with E-state index in [1.165, 1.54) is 19.5 Å². The molecule has 0 spiro atoms. The van der Waals surface area contributed by atoms with Gasteiger partial charge >= 0.3 is 0 Å². The van der Waals surface area contributed by atoms with Gasteiger partial charge in [0.2, 0.25) is 0 Å². The van der Waals surface area contributed by atoms with Crippen LogP contribution in [0.2, 0.25) is 0 Å². The van der Waals surface area contributed by atoms with E-state index in [1.807, 2.05) is 6.92 Å². The molecule has 1 atom stereocenters. The number of rotatable bonds is 1. The SMILES string of the molecule is C=CC.CN1CC[C@@H](N(C)C)C1. The van der Waals surface area contributed by atoms with Crippen molar-refractivity contribution in [1.82, 2.24) is 9.80 Å². The summed E-state index contributed by atoms with van der Waals surface area (Å²) in [4.78, 5) is 4.69. The third kappa shape index (κ3) is 4.52. The molecule has 0 bridgehead atoms. The fourth-order valence-corrected chi connectivity index (χ4v) is 1.33. The Kier molecular flexibility index (Phi) is 6.03. The average molecular weight is 170 g/mol. The van der Waals surface area contributed by atoms with Crippen molar-refractivity contribution < 1.29 is 0 Å². The zero-order chi connectivity index (χ0) is 9.56. The lowest BCUT2D eigenvalue weighted by Crippen LogP contribution is -2.30. The van der Waals surface area contributed by atoms with Gasteiger partial charge in [-0.25, -0.2) is 0 Å². The molecular formula is C10H22N2. The minimum atomic E-state index is 0.801. The van der Waals surface area contributed by atoms with Gasteiger partial charge in [0.25, 0.3) is 0 Å². The van der Waals surface area contributed by atoms with E-state index >= 15 is 0 Å². The van der Waals surface area contributed by atoms with Crippen LogP contribution in [0.5, 0.6) is 0 Å². The predicted octanol–water partition coefficient (Wildman–Crippen LogP) is 1.44. The number of allylic oxidation sites excluding steroid dienone is 1. The van der Waals surface area contributed by atoms with Crippen molar-refractivity contribution in [3.63, 3.8) is 0 Å². The summed E-state index contributed by atoms with van der Waals surface area (Å²) in [6, 6.07) is 0.801. The fraction of sp³-hybridized carbons (Fsp3) is 0.800. The van der Waals surface area contributed by atoms with Crippen molar-refractivity contribution in [2.45, 2.75) is 19.4 Å². The summed E-state index contributed by atoms with van der Waals surface area (Å²) >= 11 is 0. The van der Waals surface area contributed by atoms with E-state index in [9.17, 15) is 0 Å². The van der Waals surface area contributed by atoms with Crippen molar-refractivity contribution in [3.05, 3.63) is 12.7 Å². The molecule has 0 N–H and O–H groups in total. The molecule has 1 aliphatic heterocycles. The van der Waals surface area contributed by atoms with Crippen molar-refractivity contribution in [2.75, 3.05) is 34.2 Å². The monoisotopic (exact) mass is 170 g/mol. The molecule has 12 heavy (non-hydrogen) atoms. The quantitative estimate of drug-likeness (QED) is 0.550. The van der Waals surface area contributed by atoms with E-state index in [2.05, 4.69) is 37.5 Å². The minimum Gasteiger partial charge on any atom is -0.305 e. The van der Waals surface area contributed by atoms with Crippen LogP contribution in [0.15, 0.2) is 12.7 Å². The van der Waals surface area contributed by atoms with Crippen molar-refractivity contribution >= 4 is 0 Å². The van der Waals surface area contributed by atoms with Gasteiger partial charge < -0.3 is 9.80 Å². The number of likely N-dealkylation sites (tertiary alicyclic amines) is 1. The van der Waals surface area contributed by atoms with Gasteiger partial charge in [-0.15, -0.1) is 6.58 Å². The second-order valence-corrected chi connectivity index (χ2v) is 3.58. The number of likely N-dealkylation sites (N-methyl/N-ethyl adjacent to an activating group) is 2. The first kappa shape index (κ1) is 11.7. The lowest BCUT2D eigenvalue weighted by Gasteiger charge is -2.17. The maximum Gasteiger partial charge on any atom is 0.0229 e. The zero-order valence-electron chi connectivity index (χ0n) is 8.88. The molecule has 0 saturated carbocycles. The number of hydrogen-bond donors (Lipinski definition) is 0. The van der Waals surface area contributed by atoms with E-state index in [0.717, 1.165) is 6.04 Å². The van der Waals surface area contributed by atoms with Crippen molar-refractivity contribution in [2.24, 2.45) is 0 Å². The highest BCUT2D eigenvalue weighted by atomic mass is 15.2. The van der Waals surface area contributed by atoms with Gasteiger partial charge in [0.1, 0.15) is 0 Å². The molecule has 1 saturated heterocycles. The van der Waals surface area contributed by atoms with Gasteiger partial charge in [0.15, 0.2) is 0 Å². The minimum absolute atomic E-state index is 0.801. The second-order valence-electron chi connectivity index (χ2n) is 3.58. The Bertz CT molecular complexity index is 121. The van der Waals surface area contributed by atoms with E-state index in [1.54, 1.807) is 6.08 Å². The fourth-order valence-electron chi connectivity index (χ4n) is 1.33. The largest absolute Gasteiger partial charge is 0.305 e. The summed E-state index contributed by atoms with van der Waals surface area (Å²) in [6.07, 6.45) is 3.09. The maximum atomic E-state index is 3.36. The molecule has 1 rings (SSSR count). The highest BCUT2D eigenvalue weighted by Gasteiger charge is 2.20. The van der Waals surface area contributed by atoms with E-state index in [0.29, 0.717) is 0 Å². The van der Waals surface area contributed by atoms with Crippen LogP contribution in [-0.4, -0.2) is 50.1 Å². The van der Waals surface area contributed by atoms with Gasteiger partial charge in [-0.2, -0.15) is 0 Å². The Morgan fingerprint density at radius 1 is 1.50 bits per heavy atom. The molecule has 0 unspecified atom stereocenters. The van der Waals surface area contributed by atoms with Crippen LogP contribution in [0.4, 0.5) is 0 Å². The van der Waals surface area contributed by atoms with Crippen molar-refractivity contribution in [1.29, 1.82) is 0 Å². The van der Waals surface area contributed by atoms with Crippen molar-refractivity contribution in [3.8, 4) is 0 Å². The van der Waals surface area contributed by atoms with Gasteiger partial charge in [0, 0.05) is 12.6 Å². The van der Waals surface area contributed by atoms with E-state index in [4.69, 9.17) is 0 Å². The Balaban J connectivity index is 0.000000354. The van der Waals surface area contributed by atoms with E-state index in [-0.39, 0.29) is 0 Å². The molecule has 1 aliphatic rings. The van der Waals surface area contributed by atoms with Gasteiger partial charge in [0.05, 0.1) is 0 Å². The number of nitrogens with zero attached hydrogens (tertiary/aromatic N) is 2. The molecule has 2 nitrogen and oxygen atoms in total. The molecule has 0 aromatic rings. The Morgan fingerprint density at radius 2 is 2.00 bits per heavy atom. The van der Waals surface area contributed by atoms with Crippen LogP contribution in [0.1, 0.15) is 13.3 Å². The lowest BCUT2D eigenvalue weighted by molar-refractivity contribution is 0.288. The normalized spacial score (nSPS) is 23.6. The van der Waals surface area contributed by atoms with Gasteiger partial charge in [-0.05, 0) is 41.0 Å². The first-order valence-electron chi connectivity index (χ1n) is 4.53. The van der Waals surface area contributed by atoms with Gasteiger partial charge in [-0.3, -0.25) is 0 Å². The van der Waals surface area contributed by atoms with Crippen LogP contribution in [0, 0.1) is 0 Å². The third-order valence-electron chi connectivity index (χ3n) is 2.10. The van der Waals surface area contributed by atoms with Crippen LogP contribution in [0.3, 0.4) is 0 Å². The van der Waals surface area contributed by atoms with Crippen LogP contribution in [0.25, 0.3) is 0 Å². The standard InChI is InChI=1S/C7H16N2.C3H6/c1-8(2)7-4-5-9(3)6-7;1-3-2/h7H,4-6H2,1-3H3;3H,1H2,2H3/t7-;/m1./s1. The molecule has 72 valence electrons. The molecule has 0 radical (unpaired) electrons. The first-order chi connectivity index (χ1) is 5.61. The second kappa shape index (κ2) is 6.21. The Morgan fingerprint density at radius 3 is 2.17 bits per heavy atom. The zero-order valence-corrected chi connectivity index (χ0v) is 8.88. The summed E-state index contributed by atoms with van der Waals surface area (Å²) in [5.74, 6) is 0. The topological polar surface area (TPSA) is 6.48 Å². The summed E-state index contributed by atoms with van der Waals surface area (Å²) in [7, 11) is 6.50. The maximum absolute atomic E-state index is 3.36. The van der Waals surface area contributed by atoms with E-state index < -0.39 is 0 Å². The molecular weight excluding hydrogens is 148 g/mol. The third-order valence-corrected chi connectivity index (χ3v) is 2.10. The summed E-state index contributed by atoms with van der Waals surface area (Å²) in [5, 5.41) is 0. The first-order valence-corrected chi connectivity index (χ1v) is 4.53. The number of hydrogen-bond acceptors (Lipinski definition) is 2. The molecule has 0 amide bonds. The summed E-state index contributed by atoms with van der Waals surface area (Å²) < 4.78 is 0. The molecule has 0 aromatic heterocycles. The molecule has 2 heteroatoms. The highest BCUT2D eigenvalue weighted by molar-refractivity contribution is 4.77. The molecule has 1 fully saturated rings. The summed E-state index contributed by atoms with van der Waals surface area (Å²) in [6.45, 7) is 7.76. The highest BCUT2D eigenvalue weighted by Crippen LogP contribution is 2.09. The van der Waals surface area contributed by atoms with Crippen LogP contribution < -0.4 is 0 Å². The molecule has 0 aromatic carbocycles. The van der Waals surface area contributed by atoms with Gasteiger partial charge in [-0.1, -0.05) is 6.08 Å². The smallest absolute Gasteiger partial charge is 0.0229 e. The summed E-state index contributed by atoms with van der Waals surface area (Å²) in [5.41, 5.74) is 0. The Hall–Kier alpha value is -0.340.